The van der Waals surface area contributed by atoms with Crippen LogP contribution in [0.15, 0.2) is 27.1 Å². The Balaban J connectivity index is 1.39. The molecule has 1 aliphatic heterocycles. The van der Waals surface area contributed by atoms with Crippen molar-refractivity contribution in [2.24, 2.45) is 10.1 Å². The molecule has 166 valence electrons. The molecule has 1 amide bonds. The Bertz CT molecular complexity index is 1270. The van der Waals surface area contributed by atoms with Gasteiger partial charge in [0, 0.05) is 5.69 Å². The van der Waals surface area contributed by atoms with Crippen LogP contribution in [0.5, 0.6) is 5.75 Å². The Hall–Kier alpha value is -3.27. The van der Waals surface area contributed by atoms with Gasteiger partial charge in [-0.2, -0.15) is 4.40 Å². The molecular weight excluding hydrogens is 428 g/mol. The number of hydrogen-bond donors (Lipinski definition) is 3. The maximum atomic E-state index is 13.5. The smallest absolute Gasteiger partial charge is 0.259 e. The third kappa shape index (κ3) is 3.54. The molecule has 0 saturated carbocycles. The first-order valence-corrected chi connectivity index (χ1v) is 11.2. The second-order valence-electron chi connectivity index (χ2n) is 8.69. The van der Waals surface area contributed by atoms with E-state index in [1.54, 1.807) is 0 Å². The van der Waals surface area contributed by atoms with Crippen molar-refractivity contribution in [2.75, 3.05) is 11.3 Å². The van der Waals surface area contributed by atoms with Gasteiger partial charge in [0.25, 0.3) is 11.6 Å². The van der Waals surface area contributed by atoms with Gasteiger partial charge in [0.2, 0.25) is 0 Å². The Morgan fingerprint density at radius 2 is 2.22 bits per heavy atom. The summed E-state index contributed by atoms with van der Waals surface area (Å²) >= 11 is 1.18. The van der Waals surface area contributed by atoms with E-state index in [1.807, 2.05) is 39.0 Å². The number of benzene rings is 1. The maximum absolute atomic E-state index is 13.5. The van der Waals surface area contributed by atoms with Crippen molar-refractivity contribution < 1.29 is 14.1 Å². The molecular formula is C22H24N6O3S. The van der Waals surface area contributed by atoms with Crippen molar-refractivity contribution >= 4 is 40.7 Å². The third-order valence-electron chi connectivity index (χ3n) is 5.67. The Labute approximate surface area is 189 Å². The Kier molecular flexibility index (Phi) is 4.96. The predicted octanol–water partition coefficient (Wildman–Crippen LogP) is 3.30. The van der Waals surface area contributed by atoms with Crippen LogP contribution >= 0.6 is 12.1 Å². The highest BCUT2D eigenvalue weighted by molar-refractivity contribution is 7.99. The molecule has 2 aliphatic rings. The normalized spacial score (nSPS) is 15.0. The van der Waals surface area contributed by atoms with Gasteiger partial charge in [-0.05, 0) is 57.7 Å². The van der Waals surface area contributed by atoms with Crippen LogP contribution in [0, 0.1) is 6.92 Å². The van der Waals surface area contributed by atoms with Crippen molar-refractivity contribution in [2.45, 2.75) is 45.6 Å². The van der Waals surface area contributed by atoms with Crippen LogP contribution in [0.4, 0.5) is 5.69 Å². The van der Waals surface area contributed by atoms with Crippen LogP contribution in [0.2, 0.25) is 0 Å². The van der Waals surface area contributed by atoms with E-state index in [0.29, 0.717) is 33.9 Å². The van der Waals surface area contributed by atoms with E-state index in [4.69, 9.17) is 15.0 Å². The number of anilines is 1. The number of pyridine rings is 1. The molecule has 3 heterocycles. The zero-order valence-electron chi connectivity index (χ0n) is 18.1. The first-order chi connectivity index (χ1) is 15.3. The fourth-order valence-electron chi connectivity index (χ4n) is 4.20. The van der Waals surface area contributed by atoms with Crippen LogP contribution in [-0.4, -0.2) is 34.0 Å². The molecule has 0 fully saturated rings. The van der Waals surface area contributed by atoms with Crippen LogP contribution in [-0.2, 0) is 12.8 Å². The summed E-state index contributed by atoms with van der Waals surface area (Å²) in [6.45, 7) is 5.92. The van der Waals surface area contributed by atoms with E-state index in [9.17, 15) is 4.79 Å². The Morgan fingerprint density at radius 1 is 1.38 bits per heavy atom. The number of rotatable bonds is 5. The van der Waals surface area contributed by atoms with Crippen LogP contribution in [0.25, 0.3) is 11.1 Å². The molecule has 0 spiro atoms. The van der Waals surface area contributed by atoms with Gasteiger partial charge in [-0.15, -0.1) is 0 Å². The van der Waals surface area contributed by atoms with Gasteiger partial charge in [0.1, 0.15) is 18.2 Å². The summed E-state index contributed by atoms with van der Waals surface area (Å²) in [5.41, 5.74) is 10.6. The summed E-state index contributed by atoms with van der Waals surface area (Å²) in [7, 11) is 0. The fourth-order valence-corrected chi connectivity index (χ4v) is 4.70. The lowest BCUT2D eigenvalue weighted by Crippen LogP contribution is -2.48. The van der Waals surface area contributed by atoms with Gasteiger partial charge in [0.15, 0.2) is 0 Å². The van der Waals surface area contributed by atoms with E-state index >= 15 is 0 Å². The lowest BCUT2D eigenvalue weighted by atomic mass is 9.99. The highest BCUT2D eigenvalue weighted by atomic mass is 32.2. The van der Waals surface area contributed by atoms with Gasteiger partial charge in [-0.25, -0.2) is 4.98 Å². The summed E-state index contributed by atoms with van der Waals surface area (Å²) in [4.78, 5) is 18.0. The highest BCUT2D eigenvalue weighted by Crippen LogP contribution is 2.34. The first-order valence-electron chi connectivity index (χ1n) is 10.5. The molecule has 0 unspecified atom stereocenters. The van der Waals surface area contributed by atoms with E-state index in [2.05, 4.69) is 24.6 Å². The van der Waals surface area contributed by atoms with Crippen molar-refractivity contribution in [1.29, 1.82) is 0 Å². The molecule has 5 rings (SSSR count). The second kappa shape index (κ2) is 7.70. The molecule has 0 bridgehead atoms. The number of carbonyl (C=O) groups is 1. The lowest BCUT2D eigenvalue weighted by Gasteiger charge is -2.28. The summed E-state index contributed by atoms with van der Waals surface area (Å²) in [5.74, 6) is 0.837. The Morgan fingerprint density at radius 3 is 3.06 bits per heavy atom. The standard InChI is InChI=1S/C22H24N6O3S/c1-11-16-17(12-6-4-7-13(12)24-21(16)31-26-11)20(29)25-22(2,3)10-30-15-9-5-8-14-18(15)19(23)28-32-27-14/h5,8-9,27H,4,6-7,10H2,1-3H3,(H2,23,28)(H,25,29). The molecule has 1 aromatic carbocycles. The summed E-state index contributed by atoms with van der Waals surface area (Å²) in [5, 5.41) is 7.84. The average Bonchev–Trinajstić information content (AvgIpc) is 3.37. The quantitative estimate of drug-likeness (QED) is 0.503. The molecule has 32 heavy (non-hydrogen) atoms. The maximum Gasteiger partial charge on any atom is 0.259 e. The lowest BCUT2D eigenvalue weighted by molar-refractivity contribution is 0.0881. The minimum atomic E-state index is -0.658. The van der Waals surface area contributed by atoms with Gasteiger partial charge >= 0.3 is 0 Å². The largest absolute Gasteiger partial charge is 0.490 e. The minimum absolute atomic E-state index is 0.176. The molecule has 4 N–H and O–H groups in total. The van der Waals surface area contributed by atoms with Crippen molar-refractivity contribution in [3.8, 4) is 5.75 Å². The monoisotopic (exact) mass is 452 g/mol. The van der Waals surface area contributed by atoms with Gasteiger partial charge in [-0.1, -0.05) is 11.2 Å². The number of ether oxygens (including phenoxy) is 1. The summed E-state index contributed by atoms with van der Waals surface area (Å²) < 4.78 is 18.7. The number of fused-ring (bicyclic) bond motifs is 3. The van der Waals surface area contributed by atoms with E-state index in [-0.39, 0.29) is 12.5 Å². The zero-order chi connectivity index (χ0) is 22.5. The second-order valence-corrected chi connectivity index (χ2v) is 9.26. The molecule has 10 heteroatoms. The summed E-state index contributed by atoms with van der Waals surface area (Å²) in [6.07, 6.45) is 2.64. The number of nitrogens with zero attached hydrogens (tertiary/aromatic N) is 3. The predicted molar refractivity (Wildman–Crippen MR) is 124 cm³/mol. The van der Waals surface area contributed by atoms with Gasteiger partial charge < -0.3 is 25.0 Å². The molecule has 0 radical (unpaired) electrons. The number of nitrogens with one attached hydrogen (secondary N) is 2. The van der Waals surface area contributed by atoms with E-state index < -0.39 is 5.54 Å². The number of aryl methyl sites for hydroxylation is 2. The number of amidine groups is 1. The van der Waals surface area contributed by atoms with Crippen molar-refractivity contribution in [1.82, 2.24) is 15.5 Å². The van der Waals surface area contributed by atoms with Crippen LogP contribution in [0.3, 0.4) is 0 Å². The van der Waals surface area contributed by atoms with Crippen LogP contribution < -0.4 is 20.5 Å². The van der Waals surface area contributed by atoms with Crippen LogP contribution in [0.1, 0.15) is 53.1 Å². The highest BCUT2D eigenvalue weighted by Gasteiger charge is 2.31. The molecule has 0 saturated heterocycles. The molecule has 0 atom stereocenters. The molecule has 9 nitrogen and oxygen atoms in total. The first kappa shape index (κ1) is 20.6. The molecule has 1 aliphatic carbocycles. The molecule has 3 aromatic rings. The van der Waals surface area contributed by atoms with Gasteiger partial charge in [-0.3, -0.25) is 4.79 Å². The zero-order valence-corrected chi connectivity index (χ0v) is 18.9. The minimum Gasteiger partial charge on any atom is -0.490 e. The van der Waals surface area contributed by atoms with E-state index in [0.717, 1.165) is 41.8 Å². The number of hydrogen-bond acceptors (Lipinski definition) is 9. The van der Waals surface area contributed by atoms with Crippen molar-refractivity contribution in [3.05, 3.63) is 46.3 Å². The third-order valence-corrected chi connectivity index (χ3v) is 6.27. The fraction of sp³-hybridized carbons (Fsp3) is 0.364. The number of amides is 1. The SMILES string of the molecule is Cc1noc2nc3c(c(C(=O)NC(C)(C)COc4cccc5c4C(N)=NSN5)c12)CCC3. The molecule has 2 aromatic heterocycles. The average molecular weight is 453 g/mol. The number of aromatic nitrogens is 2. The van der Waals surface area contributed by atoms with Crippen molar-refractivity contribution in [3.63, 3.8) is 0 Å². The topological polar surface area (TPSA) is 128 Å². The number of nitrogens with two attached hydrogens (primary N) is 1. The van der Waals surface area contributed by atoms with E-state index in [1.165, 1.54) is 12.1 Å². The van der Waals surface area contributed by atoms with Gasteiger partial charge in [0.05, 0.1) is 45.6 Å². The number of carbonyl (C=O) groups excluding carboxylic acids is 1. The summed E-state index contributed by atoms with van der Waals surface area (Å²) in [6, 6.07) is 5.65.